The van der Waals surface area contributed by atoms with Gasteiger partial charge in [-0.3, -0.25) is 10.2 Å². The Morgan fingerprint density at radius 2 is 2.17 bits per heavy atom. The van der Waals surface area contributed by atoms with Crippen molar-refractivity contribution in [3.63, 3.8) is 0 Å². The van der Waals surface area contributed by atoms with Crippen LogP contribution >= 0.6 is 15.9 Å². The molecule has 0 saturated heterocycles. The minimum absolute atomic E-state index is 0.106. The third-order valence-corrected chi connectivity index (χ3v) is 3.00. The first-order valence-electron chi connectivity index (χ1n) is 6.04. The van der Waals surface area contributed by atoms with Gasteiger partial charge < -0.3 is 4.74 Å². The van der Waals surface area contributed by atoms with Crippen molar-refractivity contribution in [1.82, 2.24) is 5.43 Å². The fraction of sp³-hybridized carbons (Fsp3) is 0.462. The predicted molar refractivity (Wildman–Crippen MR) is 74.6 cm³/mol. The van der Waals surface area contributed by atoms with E-state index in [1.165, 1.54) is 0 Å². The van der Waals surface area contributed by atoms with E-state index in [1.54, 1.807) is 0 Å². The molecule has 0 aliphatic rings. The summed E-state index contributed by atoms with van der Waals surface area (Å²) in [4.78, 5) is 10.8. The van der Waals surface area contributed by atoms with Crippen LogP contribution in [-0.2, 0) is 16.1 Å². The molecule has 0 spiro atoms. The van der Waals surface area contributed by atoms with Crippen LogP contribution in [0.2, 0.25) is 0 Å². The fourth-order valence-corrected chi connectivity index (χ4v) is 2.00. The topological polar surface area (TPSA) is 64.3 Å². The van der Waals surface area contributed by atoms with Gasteiger partial charge in [0.05, 0.1) is 6.61 Å². The first kappa shape index (κ1) is 15.1. The lowest BCUT2D eigenvalue weighted by atomic mass is 10.2. The molecule has 0 heterocycles. The van der Waals surface area contributed by atoms with Crippen molar-refractivity contribution in [2.45, 2.75) is 32.3 Å². The average molecular weight is 315 g/mol. The van der Waals surface area contributed by atoms with Gasteiger partial charge in [-0.2, -0.15) is 0 Å². The smallest absolute Gasteiger partial charge is 0.233 e. The Morgan fingerprint density at radius 1 is 1.33 bits per heavy atom. The zero-order valence-corrected chi connectivity index (χ0v) is 11.9. The van der Waals surface area contributed by atoms with Gasteiger partial charge in [-0.15, -0.1) is 0 Å². The Kier molecular flexibility index (Phi) is 7.64. The SMILES string of the molecule is NNC(=O)CCCCCOCc1cccc(Br)c1. The van der Waals surface area contributed by atoms with E-state index in [0.717, 1.165) is 35.9 Å². The van der Waals surface area contributed by atoms with Crippen LogP contribution in [0.4, 0.5) is 0 Å². The summed E-state index contributed by atoms with van der Waals surface area (Å²) < 4.78 is 6.63. The largest absolute Gasteiger partial charge is 0.377 e. The Balaban J connectivity index is 2.00. The highest BCUT2D eigenvalue weighted by Crippen LogP contribution is 2.12. The normalized spacial score (nSPS) is 10.3. The fourth-order valence-electron chi connectivity index (χ4n) is 1.56. The summed E-state index contributed by atoms with van der Waals surface area (Å²) in [6.07, 6.45) is 3.28. The van der Waals surface area contributed by atoms with E-state index in [9.17, 15) is 4.79 Å². The molecule has 3 N–H and O–H groups in total. The molecule has 4 nitrogen and oxygen atoms in total. The van der Waals surface area contributed by atoms with E-state index in [2.05, 4.69) is 21.4 Å². The van der Waals surface area contributed by atoms with E-state index in [-0.39, 0.29) is 5.91 Å². The zero-order valence-electron chi connectivity index (χ0n) is 10.3. The van der Waals surface area contributed by atoms with Crippen molar-refractivity contribution in [2.75, 3.05) is 6.61 Å². The maximum Gasteiger partial charge on any atom is 0.233 e. The van der Waals surface area contributed by atoms with Gasteiger partial charge >= 0.3 is 0 Å². The van der Waals surface area contributed by atoms with E-state index >= 15 is 0 Å². The monoisotopic (exact) mass is 314 g/mol. The highest BCUT2D eigenvalue weighted by molar-refractivity contribution is 9.10. The number of halogens is 1. The summed E-state index contributed by atoms with van der Waals surface area (Å²) in [6, 6.07) is 8.07. The number of rotatable bonds is 8. The lowest BCUT2D eigenvalue weighted by Gasteiger charge is -2.05. The maximum absolute atomic E-state index is 10.8. The summed E-state index contributed by atoms with van der Waals surface area (Å²) in [5, 5.41) is 0. The van der Waals surface area contributed by atoms with Crippen LogP contribution in [0.15, 0.2) is 28.7 Å². The summed E-state index contributed by atoms with van der Waals surface area (Å²) in [5.41, 5.74) is 3.28. The minimum Gasteiger partial charge on any atom is -0.377 e. The number of benzene rings is 1. The van der Waals surface area contributed by atoms with Gasteiger partial charge in [-0.25, -0.2) is 5.84 Å². The molecule has 18 heavy (non-hydrogen) atoms. The number of amides is 1. The number of ether oxygens (including phenoxy) is 1. The first-order valence-corrected chi connectivity index (χ1v) is 6.83. The number of hydrogen-bond donors (Lipinski definition) is 2. The Hall–Kier alpha value is -0.910. The molecule has 0 saturated carbocycles. The Labute approximate surface area is 116 Å². The van der Waals surface area contributed by atoms with Gasteiger partial charge in [-0.05, 0) is 30.5 Å². The van der Waals surface area contributed by atoms with E-state index in [1.807, 2.05) is 24.3 Å². The first-order chi connectivity index (χ1) is 8.72. The van der Waals surface area contributed by atoms with Crippen LogP contribution in [0.3, 0.4) is 0 Å². The molecule has 1 aromatic carbocycles. The van der Waals surface area contributed by atoms with Crippen LogP contribution in [0.5, 0.6) is 0 Å². The van der Waals surface area contributed by atoms with E-state index in [0.29, 0.717) is 13.0 Å². The number of nitrogens with one attached hydrogen (secondary N) is 1. The van der Waals surface area contributed by atoms with Crippen molar-refractivity contribution in [3.05, 3.63) is 34.3 Å². The third-order valence-electron chi connectivity index (χ3n) is 2.51. The highest BCUT2D eigenvalue weighted by Gasteiger charge is 1.98. The minimum atomic E-state index is -0.106. The van der Waals surface area contributed by atoms with Crippen molar-refractivity contribution >= 4 is 21.8 Å². The van der Waals surface area contributed by atoms with Crippen molar-refractivity contribution in [3.8, 4) is 0 Å². The summed E-state index contributed by atoms with van der Waals surface area (Å²) in [5.74, 6) is 4.88. The second kappa shape index (κ2) is 9.08. The van der Waals surface area contributed by atoms with Crippen LogP contribution in [0.25, 0.3) is 0 Å². The number of unbranched alkanes of at least 4 members (excludes halogenated alkanes) is 2. The van der Waals surface area contributed by atoms with Gasteiger partial charge in [0.25, 0.3) is 0 Å². The molecule has 0 fully saturated rings. The number of carbonyl (C=O) groups is 1. The number of hydrazine groups is 1. The molecule has 0 bridgehead atoms. The van der Waals surface area contributed by atoms with Gasteiger partial charge in [0, 0.05) is 17.5 Å². The molecule has 1 amide bonds. The Morgan fingerprint density at radius 3 is 2.89 bits per heavy atom. The molecule has 1 aromatic rings. The van der Waals surface area contributed by atoms with Gasteiger partial charge in [0.2, 0.25) is 5.91 Å². The summed E-state index contributed by atoms with van der Waals surface area (Å²) >= 11 is 3.42. The predicted octanol–water partition coefficient (Wildman–Crippen LogP) is 2.52. The number of carbonyl (C=O) groups excluding carboxylic acids is 1. The second-order valence-electron chi connectivity index (χ2n) is 4.06. The third kappa shape index (κ3) is 6.74. The molecule has 0 aliphatic heterocycles. The van der Waals surface area contributed by atoms with Gasteiger partial charge in [0.1, 0.15) is 0 Å². The molecule has 0 aromatic heterocycles. The summed E-state index contributed by atoms with van der Waals surface area (Å²) in [6.45, 7) is 1.35. The van der Waals surface area contributed by atoms with E-state index in [4.69, 9.17) is 10.6 Å². The molecule has 100 valence electrons. The van der Waals surface area contributed by atoms with Crippen molar-refractivity contribution < 1.29 is 9.53 Å². The van der Waals surface area contributed by atoms with Gasteiger partial charge in [0.15, 0.2) is 0 Å². The molecule has 0 unspecified atom stereocenters. The molecule has 5 heteroatoms. The molecule has 1 rings (SSSR count). The van der Waals surface area contributed by atoms with Crippen molar-refractivity contribution in [1.29, 1.82) is 0 Å². The number of nitrogens with two attached hydrogens (primary N) is 1. The Bertz CT molecular complexity index is 372. The van der Waals surface area contributed by atoms with Crippen LogP contribution in [-0.4, -0.2) is 12.5 Å². The highest BCUT2D eigenvalue weighted by atomic mass is 79.9. The quantitative estimate of drug-likeness (QED) is 0.335. The second-order valence-corrected chi connectivity index (χ2v) is 4.98. The van der Waals surface area contributed by atoms with Crippen molar-refractivity contribution in [2.24, 2.45) is 5.84 Å². The summed E-state index contributed by atoms with van der Waals surface area (Å²) in [7, 11) is 0. The average Bonchev–Trinajstić information content (AvgIpc) is 2.37. The van der Waals surface area contributed by atoms with Crippen LogP contribution in [0.1, 0.15) is 31.2 Å². The molecular formula is C13H19BrN2O2. The standard InChI is InChI=1S/C13H19BrN2O2/c14-12-6-4-5-11(9-12)10-18-8-3-1-2-7-13(17)16-15/h4-6,9H,1-3,7-8,10,15H2,(H,16,17). The maximum atomic E-state index is 10.8. The lowest BCUT2D eigenvalue weighted by molar-refractivity contribution is -0.121. The zero-order chi connectivity index (χ0) is 13.2. The molecule has 0 radical (unpaired) electrons. The van der Waals surface area contributed by atoms with Crippen LogP contribution in [0, 0.1) is 0 Å². The van der Waals surface area contributed by atoms with E-state index < -0.39 is 0 Å². The molecule has 0 aliphatic carbocycles. The molecule has 0 atom stereocenters. The lowest BCUT2D eigenvalue weighted by Crippen LogP contribution is -2.29. The van der Waals surface area contributed by atoms with Gasteiger partial charge in [-0.1, -0.05) is 34.5 Å². The number of hydrogen-bond acceptors (Lipinski definition) is 3. The van der Waals surface area contributed by atoms with Crippen LogP contribution < -0.4 is 11.3 Å². The molecular weight excluding hydrogens is 296 g/mol.